The molecule has 0 unspecified atom stereocenters. The molecule has 5 nitrogen and oxygen atoms in total. The Balaban J connectivity index is 2.44. The van der Waals surface area contributed by atoms with Crippen LogP contribution in [0.3, 0.4) is 0 Å². The number of aryl methyl sites for hydroxylation is 1. The summed E-state index contributed by atoms with van der Waals surface area (Å²) in [6, 6.07) is 5.27. The lowest BCUT2D eigenvalue weighted by atomic mass is 10.3. The Morgan fingerprint density at radius 2 is 2.10 bits per heavy atom. The van der Waals surface area contributed by atoms with Gasteiger partial charge < -0.3 is 5.11 Å². The van der Waals surface area contributed by atoms with Gasteiger partial charge in [-0.25, -0.2) is 17.6 Å². The van der Waals surface area contributed by atoms with Crippen LogP contribution in [0, 0.1) is 12.7 Å². The van der Waals surface area contributed by atoms with Crippen molar-refractivity contribution in [2.45, 2.75) is 11.1 Å². The van der Waals surface area contributed by atoms with E-state index < -0.39 is 21.8 Å². The summed E-state index contributed by atoms with van der Waals surface area (Å²) in [5.74, 6) is -1.94. The largest absolute Gasteiger partial charge is 0.477 e. The molecule has 0 aliphatic rings. The third-order valence-electron chi connectivity index (χ3n) is 2.55. The Hall–Kier alpha value is -1.45. The van der Waals surface area contributed by atoms with E-state index in [4.69, 9.17) is 5.11 Å². The standard InChI is InChI=1S/C12H9BrFNO4S2/c1-6-5-9(20-11(6)12(16)17)21(18,19)15-10-7(13)3-2-4-8(10)14/h2-5,15H,1H3,(H,16,17). The fourth-order valence-electron chi connectivity index (χ4n) is 1.58. The Labute approximate surface area is 132 Å². The number of nitrogens with one attached hydrogen (secondary N) is 1. The molecule has 9 heteroatoms. The molecular formula is C12H9BrFNO4S2. The molecule has 2 N–H and O–H groups in total. The lowest BCUT2D eigenvalue weighted by Gasteiger charge is -2.09. The predicted octanol–water partition coefficient (Wildman–Crippen LogP) is 3.46. The molecule has 1 aromatic carbocycles. The summed E-state index contributed by atoms with van der Waals surface area (Å²) in [7, 11) is -4.06. The van der Waals surface area contributed by atoms with E-state index in [0.717, 1.165) is 6.07 Å². The van der Waals surface area contributed by atoms with Gasteiger partial charge in [-0.05, 0) is 46.6 Å². The SMILES string of the molecule is Cc1cc(S(=O)(=O)Nc2c(F)cccc2Br)sc1C(=O)O. The molecule has 0 spiro atoms. The molecule has 0 amide bonds. The van der Waals surface area contributed by atoms with Crippen LogP contribution in [0.4, 0.5) is 10.1 Å². The number of carboxylic acids is 1. The first-order valence-electron chi connectivity index (χ1n) is 5.53. The van der Waals surface area contributed by atoms with Gasteiger partial charge in [0.15, 0.2) is 0 Å². The number of sulfonamides is 1. The number of benzene rings is 1. The smallest absolute Gasteiger partial charge is 0.346 e. The van der Waals surface area contributed by atoms with Gasteiger partial charge in [0.1, 0.15) is 14.9 Å². The molecule has 0 radical (unpaired) electrons. The molecular weight excluding hydrogens is 385 g/mol. The number of halogens is 2. The average Bonchev–Trinajstić information content (AvgIpc) is 2.77. The number of anilines is 1. The summed E-state index contributed by atoms with van der Waals surface area (Å²) in [5, 5.41) is 8.95. The van der Waals surface area contributed by atoms with Gasteiger partial charge in [0.2, 0.25) is 0 Å². The van der Waals surface area contributed by atoms with Crippen molar-refractivity contribution in [3.05, 3.63) is 45.0 Å². The molecule has 0 saturated heterocycles. The second-order valence-electron chi connectivity index (χ2n) is 4.08. The second-order valence-corrected chi connectivity index (χ2v) is 7.90. The summed E-state index contributed by atoms with van der Waals surface area (Å²) in [6.07, 6.45) is 0. The highest BCUT2D eigenvalue weighted by molar-refractivity contribution is 9.10. The molecule has 0 aliphatic heterocycles. The zero-order valence-corrected chi connectivity index (χ0v) is 13.8. The van der Waals surface area contributed by atoms with E-state index in [9.17, 15) is 17.6 Å². The van der Waals surface area contributed by atoms with Crippen LogP contribution in [0.2, 0.25) is 0 Å². The van der Waals surface area contributed by atoms with E-state index in [1.165, 1.54) is 25.1 Å². The van der Waals surface area contributed by atoms with Crippen LogP contribution >= 0.6 is 27.3 Å². The summed E-state index contributed by atoms with van der Waals surface area (Å²) in [4.78, 5) is 10.9. The van der Waals surface area contributed by atoms with E-state index in [0.29, 0.717) is 16.9 Å². The van der Waals surface area contributed by atoms with Crippen molar-refractivity contribution < 1.29 is 22.7 Å². The molecule has 0 saturated carbocycles. The van der Waals surface area contributed by atoms with Gasteiger partial charge in [0, 0.05) is 4.47 Å². The minimum absolute atomic E-state index is 0.0667. The van der Waals surface area contributed by atoms with Crippen LogP contribution in [-0.2, 0) is 10.0 Å². The van der Waals surface area contributed by atoms with Crippen LogP contribution < -0.4 is 4.72 Å². The monoisotopic (exact) mass is 393 g/mol. The number of carbonyl (C=O) groups is 1. The Bertz CT molecular complexity index is 796. The Morgan fingerprint density at radius 1 is 1.43 bits per heavy atom. The minimum atomic E-state index is -4.06. The predicted molar refractivity (Wildman–Crippen MR) is 80.9 cm³/mol. The molecule has 21 heavy (non-hydrogen) atoms. The zero-order chi connectivity index (χ0) is 15.8. The van der Waals surface area contributed by atoms with Gasteiger partial charge in [-0.1, -0.05) is 6.07 Å². The van der Waals surface area contributed by atoms with Crippen LogP contribution in [0.5, 0.6) is 0 Å². The quantitative estimate of drug-likeness (QED) is 0.832. The zero-order valence-electron chi connectivity index (χ0n) is 10.6. The molecule has 0 aliphatic carbocycles. The molecule has 2 rings (SSSR count). The van der Waals surface area contributed by atoms with Gasteiger partial charge in [-0.2, -0.15) is 0 Å². The highest BCUT2D eigenvalue weighted by Gasteiger charge is 2.23. The summed E-state index contributed by atoms with van der Waals surface area (Å²) in [6.45, 7) is 1.50. The molecule has 2 aromatic rings. The van der Waals surface area contributed by atoms with Crippen molar-refractivity contribution in [1.82, 2.24) is 0 Å². The third kappa shape index (κ3) is 3.25. The maximum atomic E-state index is 13.7. The fourth-order valence-corrected chi connectivity index (χ4v) is 4.62. The molecule has 0 bridgehead atoms. The van der Waals surface area contributed by atoms with Gasteiger partial charge in [0.05, 0.1) is 5.69 Å². The van der Waals surface area contributed by atoms with Crippen LogP contribution in [0.1, 0.15) is 15.2 Å². The van der Waals surface area contributed by atoms with Crippen molar-refractivity contribution in [2.75, 3.05) is 4.72 Å². The first-order valence-corrected chi connectivity index (χ1v) is 8.62. The maximum absolute atomic E-state index is 13.7. The van der Waals surface area contributed by atoms with Crippen molar-refractivity contribution in [3.63, 3.8) is 0 Å². The van der Waals surface area contributed by atoms with Crippen molar-refractivity contribution in [1.29, 1.82) is 0 Å². The lowest BCUT2D eigenvalue weighted by Crippen LogP contribution is -2.13. The van der Waals surface area contributed by atoms with Crippen LogP contribution in [-0.4, -0.2) is 19.5 Å². The van der Waals surface area contributed by atoms with E-state index in [1.807, 2.05) is 0 Å². The second kappa shape index (κ2) is 5.74. The van der Waals surface area contributed by atoms with Crippen molar-refractivity contribution in [2.24, 2.45) is 0 Å². The lowest BCUT2D eigenvalue weighted by molar-refractivity contribution is 0.0701. The minimum Gasteiger partial charge on any atom is -0.477 e. The van der Waals surface area contributed by atoms with Crippen LogP contribution in [0.15, 0.2) is 32.9 Å². The fraction of sp³-hybridized carbons (Fsp3) is 0.0833. The number of hydrogen-bond donors (Lipinski definition) is 2. The highest BCUT2D eigenvalue weighted by Crippen LogP contribution is 2.31. The summed E-state index contributed by atoms with van der Waals surface area (Å²) in [5.41, 5.74) is 0.112. The number of aromatic carboxylic acids is 1. The first kappa shape index (κ1) is 15.9. The normalized spacial score (nSPS) is 11.4. The van der Waals surface area contributed by atoms with E-state index >= 15 is 0 Å². The molecule has 1 aromatic heterocycles. The highest BCUT2D eigenvalue weighted by atomic mass is 79.9. The van der Waals surface area contributed by atoms with E-state index in [2.05, 4.69) is 20.7 Å². The summed E-state index contributed by atoms with van der Waals surface area (Å²) >= 11 is 3.68. The van der Waals surface area contributed by atoms with Crippen molar-refractivity contribution in [3.8, 4) is 0 Å². The molecule has 112 valence electrons. The van der Waals surface area contributed by atoms with Gasteiger partial charge in [0.25, 0.3) is 10.0 Å². The molecule has 0 fully saturated rings. The van der Waals surface area contributed by atoms with E-state index in [1.54, 1.807) is 0 Å². The number of hydrogen-bond acceptors (Lipinski definition) is 4. The third-order valence-corrected chi connectivity index (χ3v) is 6.26. The Morgan fingerprint density at radius 3 is 2.62 bits per heavy atom. The maximum Gasteiger partial charge on any atom is 0.346 e. The van der Waals surface area contributed by atoms with Gasteiger partial charge >= 0.3 is 5.97 Å². The number of carboxylic acid groups (broad SMARTS) is 1. The topological polar surface area (TPSA) is 83.5 Å². The van der Waals surface area contributed by atoms with Crippen molar-refractivity contribution >= 4 is 48.9 Å². The molecule has 0 atom stereocenters. The summed E-state index contributed by atoms with van der Waals surface area (Å²) < 4.78 is 40.3. The number of para-hydroxylation sites is 1. The average molecular weight is 394 g/mol. The van der Waals surface area contributed by atoms with Gasteiger partial charge in [-0.3, -0.25) is 4.72 Å². The molecule has 1 heterocycles. The number of thiophene rings is 1. The van der Waals surface area contributed by atoms with E-state index in [-0.39, 0.29) is 19.2 Å². The number of rotatable bonds is 4. The first-order chi connectivity index (χ1) is 9.72. The van der Waals surface area contributed by atoms with Gasteiger partial charge in [-0.15, -0.1) is 11.3 Å². The van der Waals surface area contributed by atoms with Crippen LogP contribution in [0.25, 0.3) is 0 Å². The Kier molecular flexibility index (Phi) is 4.35.